The van der Waals surface area contributed by atoms with Gasteiger partial charge in [-0.05, 0) is 48.4 Å². The molecule has 104 valence electrons. The SMILES string of the molecule is CC(C)c1cc(F)cc(NC(=O)CC2CCCC2)c1. The summed E-state index contributed by atoms with van der Waals surface area (Å²) in [6.45, 7) is 4.03. The summed E-state index contributed by atoms with van der Waals surface area (Å²) in [6.07, 6.45) is 5.32. The van der Waals surface area contributed by atoms with E-state index in [1.807, 2.05) is 19.9 Å². The molecule has 0 unspecified atom stereocenters. The van der Waals surface area contributed by atoms with Gasteiger partial charge in [-0.2, -0.15) is 0 Å². The van der Waals surface area contributed by atoms with E-state index in [0.29, 0.717) is 18.0 Å². The fourth-order valence-electron chi connectivity index (χ4n) is 2.71. The van der Waals surface area contributed by atoms with E-state index in [4.69, 9.17) is 0 Å². The second-order valence-electron chi connectivity index (χ2n) is 5.83. The van der Waals surface area contributed by atoms with E-state index < -0.39 is 0 Å². The molecule has 1 aliphatic carbocycles. The van der Waals surface area contributed by atoms with Crippen LogP contribution >= 0.6 is 0 Å². The minimum atomic E-state index is -0.289. The Hall–Kier alpha value is -1.38. The van der Waals surface area contributed by atoms with Crippen LogP contribution in [0.3, 0.4) is 0 Å². The van der Waals surface area contributed by atoms with E-state index >= 15 is 0 Å². The van der Waals surface area contributed by atoms with Crippen molar-refractivity contribution in [2.45, 2.75) is 51.9 Å². The van der Waals surface area contributed by atoms with Crippen LogP contribution in [0.25, 0.3) is 0 Å². The summed E-state index contributed by atoms with van der Waals surface area (Å²) < 4.78 is 13.5. The van der Waals surface area contributed by atoms with E-state index in [0.717, 1.165) is 18.4 Å². The Bertz CT molecular complexity index is 450. The molecule has 0 aromatic heterocycles. The Labute approximate surface area is 114 Å². The Morgan fingerprint density at radius 1 is 1.32 bits per heavy atom. The molecule has 1 fully saturated rings. The fraction of sp³-hybridized carbons (Fsp3) is 0.562. The zero-order valence-electron chi connectivity index (χ0n) is 11.7. The first kappa shape index (κ1) is 14.0. The lowest BCUT2D eigenvalue weighted by Crippen LogP contribution is -2.15. The molecule has 1 N–H and O–H groups in total. The number of anilines is 1. The van der Waals surface area contributed by atoms with Crippen molar-refractivity contribution in [3.63, 3.8) is 0 Å². The quantitative estimate of drug-likeness (QED) is 0.853. The van der Waals surface area contributed by atoms with Crippen LogP contribution in [-0.2, 0) is 4.79 Å². The first-order valence-electron chi connectivity index (χ1n) is 7.15. The van der Waals surface area contributed by atoms with Gasteiger partial charge < -0.3 is 5.32 Å². The zero-order chi connectivity index (χ0) is 13.8. The molecule has 0 spiro atoms. The van der Waals surface area contributed by atoms with Crippen molar-refractivity contribution in [2.75, 3.05) is 5.32 Å². The molecule has 19 heavy (non-hydrogen) atoms. The molecule has 0 atom stereocenters. The van der Waals surface area contributed by atoms with Crippen molar-refractivity contribution in [1.82, 2.24) is 0 Å². The third-order valence-corrected chi connectivity index (χ3v) is 3.82. The van der Waals surface area contributed by atoms with Gasteiger partial charge in [-0.15, -0.1) is 0 Å². The highest BCUT2D eigenvalue weighted by atomic mass is 19.1. The zero-order valence-corrected chi connectivity index (χ0v) is 11.7. The maximum atomic E-state index is 13.5. The third-order valence-electron chi connectivity index (χ3n) is 3.82. The number of benzene rings is 1. The molecule has 1 aromatic rings. The van der Waals surface area contributed by atoms with Gasteiger partial charge in [-0.1, -0.05) is 26.7 Å². The maximum Gasteiger partial charge on any atom is 0.224 e. The van der Waals surface area contributed by atoms with Crippen molar-refractivity contribution in [2.24, 2.45) is 5.92 Å². The van der Waals surface area contributed by atoms with Crippen LogP contribution in [0.5, 0.6) is 0 Å². The highest BCUT2D eigenvalue weighted by molar-refractivity contribution is 5.90. The number of carbonyl (C=O) groups excluding carboxylic acids is 1. The van der Waals surface area contributed by atoms with Crippen molar-refractivity contribution >= 4 is 11.6 Å². The number of carbonyl (C=O) groups is 1. The molecule has 0 aliphatic heterocycles. The summed E-state index contributed by atoms with van der Waals surface area (Å²) in [6, 6.07) is 4.77. The average molecular weight is 263 g/mol. The summed E-state index contributed by atoms with van der Waals surface area (Å²) >= 11 is 0. The van der Waals surface area contributed by atoms with Crippen molar-refractivity contribution in [1.29, 1.82) is 0 Å². The summed E-state index contributed by atoms with van der Waals surface area (Å²) in [5.41, 5.74) is 1.49. The van der Waals surface area contributed by atoms with Crippen LogP contribution in [0, 0.1) is 11.7 Å². The molecule has 2 nitrogen and oxygen atoms in total. The Balaban J connectivity index is 1.99. The number of amides is 1. The molecule has 1 saturated carbocycles. The van der Waals surface area contributed by atoms with Gasteiger partial charge in [0.2, 0.25) is 5.91 Å². The van der Waals surface area contributed by atoms with Gasteiger partial charge in [0.05, 0.1) is 0 Å². The molecule has 0 bridgehead atoms. The van der Waals surface area contributed by atoms with Crippen LogP contribution in [0.2, 0.25) is 0 Å². The molecule has 1 aromatic carbocycles. The topological polar surface area (TPSA) is 29.1 Å². The lowest BCUT2D eigenvalue weighted by Gasteiger charge is -2.12. The fourth-order valence-corrected chi connectivity index (χ4v) is 2.71. The summed E-state index contributed by atoms with van der Waals surface area (Å²) in [5.74, 6) is 0.480. The summed E-state index contributed by atoms with van der Waals surface area (Å²) in [4.78, 5) is 11.9. The van der Waals surface area contributed by atoms with Crippen LogP contribution in [0.1, 0.15) is 57.4 Å². The van der Waals surface area contributed by atoms with Crippen LogP contribution < -0.4 is 5.32 Å². The predicted molar refractivity (Wildman–Crippen MR) is 75.7 cm³/mol. The minimum absolute atomic E-state index is 0.00667. The van der Waals surface area contributed by atoms with E-state index in [1.54, 1.807) is 0 Å². The predicted octanol–water partition coefficient (Wildman–Crippen LogP) is 4.47. The molecule has 1 amide bonds. The van der Waals surface area contributed by atoms with Gasteiger partial charge in [0.1, 0.15) is 5.82 Å². The van der Waals surface area contributed by atoms with Gasteiger partial charge in [0.25, 0.3) is 0 Å². The van der Waals surface area contributed by atoms with Crippen LogP contribution in [0.15, 0.2) is 18.2 Å². The minimum Gasteiger partial charge on any atom is -0.326 e. The molecular formula is C16H22FNO. The van der Waals surface area contributed by atoms with Gasteiger partial charge in [-0.25, -0.2) is 4.39 Å². The highest BCUT2D eigenvalue weighted by Crippen LogP contribution is 2.28. The van der Waals surface area contributed by atoms with Crippen LogP contribution in [0.4, 0.5) is 10.1 Å². The first-order chi connectivity index (χ1) is 9.04. The van der Waals surface area contributed by atoms with Crippen molar-refractivity contribution < 1.29 is 9.18 Å². The number of rotatable bonds is 4. The Morgan fingerprint density at radius 2 is 2.00 bits per heavy atom. The number of hydrogen-bond acceptors (Lipinski definition) is 1. The summed E-state index contributed by atoms with van der Waals surface area (Å²) in [5, 5.41) is 2.83. The molecule has 1 aliphatic rings. The van der Waals surface area contributed by atoms with E-state index in [1.165, 1.54) is 25.0 Å². The molecule has 3 heteroatoms. The molecular weight excluding hydrogens is 241 g/mol. The van der Waals surface area contributed by atoms with Crippen molar-refractivity contribution in [3.8, 4) is 0 Å². The monoisotopic (exact) mass is 263 g/mol. The Morgan fingerprint density at radius 3 is 2.63 bits per heavy atom. The average Bonchev–Trinajstić information content (AvgIpc) is 2.80. The molecule has 0 saturated heterocycles. The highest BCUT2D eigenvalue weighted by Gasteiger charge is 2.18. The van der Waals surface area contributed by atoms with E-state index in [9.17, 15) is 9.18 Å². The number of hydrogen-bond donors (Lipinski definition) is 1. The molecule has 2 rings (SSSR count). The lowest BCUT2D eigenvalue weighted by molar-refractivity contribution is -0.117. The van der Waals surface area contributed by atoms with Gasteiger partial charge in [0.15, 0.2) is 0 Å². The van der Waals surface area contributed by atoms with E-state index in [-0.39, 0.29) is 17.6 Å². The maximum absolute atomic E-state index is 13.5. The molecule has 0 radical (unpaired) electrons. The second-order valence-corrected chi connectivity index (χ2v) is 5.83. The summed E-state index contributed by atoms with van der Waals surface area (Å²) in [7, 11) is 0. The third kappa shape index (κ3) is 4.05. The van der Waals surface area contributed by atoms with Crippen molar-refractivity contribution in [3.05, 3.63) is 29.6 Å². The second kappa shape index (κ2) is 6.18. The normalized spacial score (nSPS) is 16.0. The Kier molecular flexibility index (Phi) is 4.56. The van der Waals surface area contributed by atoms with Gasteiger partial charge in [0, 0.05) is 12.1 Å². The van der Waals surface area contributed by atoms with E-state index in [2.05, 4.69) is 5.32 Å². The number of nitrogens with one attached hydrogen (secondary N) is 1. The molecule has 0 heterocycles. The van der Waals surface area contributed by atoms with Gasteiger partial charge >= 0.3 is 0 Å². The first-order valence-corrected chi connectivity index (χ1v) is 7.15. The van der Waals surface area contributed by atoms with Gasteiger partial charge in [-0.3, -0.25) is 4.79 Å². The lowest BCUT2D eigenvalue weighted by atomic mass is 10.0. The van der Waals surface area contributed by atoms with Crippen LogP contribution in [-0.4, -0.2) is 5.91 Å². The largest absolute Gasteiger partial charge is 0.326 e. The smallest absolute Gasteiger partial charge is 0.224 e. The number of halogens is 1. The standard InChI is InChI=1S/C16H22FNO/c1-11(2)13-8-14(17)10-15(9-13)18-16(19)7-12-5-3-4-6-12/h8-12H,3-7H2,1-2H3,(H,18,19).